The molecule has 0 bridgehead atoms. The summed E-state index contributed by atoms with van der Waals surface area (Å²) in [7, 11) is 0. The molecule has 0 unspecified atom stereocenters. The number of amides is 2. The quantitative estimate of drug-likeness (QED) is 0.502. The van der Waals surface area contributed by atoms with Crippen LogP contribution in [0.1, 0.15) is 16.2 Å². The van der Waals surface area contributed by atoms with E-state index in [0.717, 1.165) is 37.6 Å². The molecule has 2 heterocycles. The smallest absolute Gasteiger partial charge is 0.262 e. The van der Waals surface area contributed by atoms with Crippen LogP contribution < -0.4 is 20.7 Å². The summed E-state index contributed by atoms with van der Waals surface area (Å²) in [6.07, 6.45) is 3.57. The average molecular weight is 400 g/mol. The van der Waals surface area contributed by atoms with E-state index in [1.165, 1.54) is 21.5 Å². The van der Waals surface area contributed by atoms with Crippen LogP contribution in [0.4, 0.5) is 5.69 Å². The molecule has 1 aromatic heterocycles. The number of carbonyl (C=O) groups is 2. The molecule has 0 spiro atoms. The Morgan fingerprint density at radius 2 is 1.86 bits per heavy atom. The molecule has 0 aliphatic carbocycles. The highest BCUT2D eigenvalue weighted by atomic mass is 32.1. The van der Waals surface area contributed by atoms with E-state index in [-0.39, 0.29) is 11.8 Å². The van der Waals surface area contributed by atoms with E-state index in [9.17, 15) is 9.59 Å². The number of piperazine rings is 1. The number of nitrogens with zero attached hydrogens (tertiary/aromatic N) is 1. The standard InChI is InChI=1S/C21H26N4O2S/c1-17-7-8-19(28-17)9-10-20(26)22-23-21(27)11-12-24-13-15-25(16-14-24)18-5-3-2-4-6-18/h2-10H,11-16H2,1H3,(H,22,26)(H,23,27)/p+1/b10-9+. The van der Waals surface area contributed by atoms with E-state index < -0.39 is 0 Å². The van der Waals surface area contributed by atoms with Gasteiger partial charge in [-0.2, -0.15) is 0 Å². The maximum Gasteiger partial charge on any atom is 0.262 e. The molecule has 2 amide bonds. The lowest BCUT2D eigenvalue weighted by Crippen LogP contribution is -3.15. The number of aryl methyl sites for hydroxylation is 1. The molecule has 0 atom stereocenters. The fourth-order valence-corrected chi connectivity index (χ4v) is 3.98. The van der Waals surface area contributed by atoms with Gasteiger partial charge in [-0.3, -0.25) is 20.4 Å². The third-order valence-corrected chi connectivity index (χ3v) is 5.75. The van der Waals surface area contributed by atoms with Gasteiger partial charge in [-0.05, 0) is 37.3 Å². The number of hydrogen-bond donors (Lipinski definition) is 3. The second-order valence-electron chi connectivity index (χ2n) is 6.89. The maximum absolute atomic E-state index is 12.0. The Morgan fingerprint density at radius 3 is 2.54 bits per heavy atom. The third kappa shape index (κ3) is 6.21. The van der Waals surface area contributed by atoms with Crippen molar-refractivity contribution in [1.29, 1.82) is 0 Å². The number of hydrazine groups is 1. The van der Waals surface area contributed by atoms with Gasteiger partial charge in [-0.1, -0.05) is 18.2 Å². The highest BCUT2D eigenvalue weighted by molar-refractivity contribution is 7.12. The van der Waals surface area contributed by atoms with Crippen molar-refractivity contribution in [1.82, 2.24) is 10.9 Å². The Bertz CT molecular complexity index is 811. The monoisotopic (exact) mass is 399 g/mol. The lowest BCUT2D eigenvalue weighted by atomic mass is 10.2. The van der Waals surface area contributed by atoms with Crippen molar-refractivity contribution >= 4 is 34.9 Å². The van der Waals surface area contributed by atoms with Crippen LogP contribution in [0.3, 0.4) is 0 Å². The van der Waals surface area contributed by atoms with Crippen molar-refractivity contribution in [3.8, 4) is 0 Å². The van der Waals surface area contributed by atoms with Crippen LogP contribution in [-0.2, 0) is 9.59 Å². The first-order valence-corrected chi connectivity index (χ1v) is 10.4. The predicted octanol–water partition coefficient (Wildman–Crippen LogP) is 1.01. The zero-order chi connectivity index (χ0) is 19.8. The van der Waals surface area contributed by atoms with Crippen LogP contribution in [0.25, 0.3) is 6.08 Å². The molecule has 0 saturated carbocycles. The molecule has 148 valence electrons. The molecule has 0 radical (unpaired) electrons. The van der Waals surface area contributed by atoms with Crippen LogP contribution in [0.5, 0.6) is 0 Å². The second kappa shape index (κ2) is 10.1. The van der Waals surface area contributed by atoms with Gasteiger partial charge < -0.3 is 9.80 Å². The molecule has 28 heavy (non-hydrogen) atoms. The van der Waals surface area contributed by atoms with E-state index in [0.29, 0.717) is 6.42 Å². The number of anilines is 1. The Kier molecular flexibility index (Phi) is 7.22. The third-order valence-electron chi connectivity index (χ3n) is 4.78. The second-order valence-corrected chi connectivity index (χ2v) is 8.21. The SMILES string of the molecule is Cc1ccc(/C=C/C(=O)NNC(=O)CC[NH+]2CCN(c3ccccc3)CC2)s1. The van der Waals surface area contributed by atoms with E-state index in [2.05, 4.69) is 40.0 Å². The number of thiophene rings is 1. The van der Waals surface area contributed by atoms with Crippen molar-refractivity contribution in [3.63, 3.8) is 0 Å². The van der Waals surface area contributed by atoms with Gasteiger partial charge in [0.25, 0.3) is 5.91 Å². The van der Waals surface area contributed by atoms with E-state index in [1.807, 2.05) is 25.1 Å². The first kappa shape index (κ1) is 20.1. The number of hydrogen-bond acceptors (Lipinski definition) is 4. The van der Waals surface area contributed by atoms with Crippen LogP contribution in [0.15, 0.2) is 48.5 Å². The summed E-state index contributed by atoms with van der Waals surface area (Å²) in [5.41, 5.74) is 6.18. The molecule has 3 N–H and O–H groups in total. The largest absolute Gasteiger partial charge is 0.360 e. The first-order chi connectivity index (χ1) is 13.6. The average Bonchev–Trinajstić information content (AvgIpc) is 3.15. The number of benzene rings is 1. The number of rotatable bonds is 6. The lowest BCUT2D eigenvalue weighted by Gasteiger charge is -2.33. The Labute approximate surface area is 169 Å². The summed E-state index contributed by atoms with van der Waals surface area (Å²) in [4.78, 5) is 29.8. The lowest BCUT2D eigenvalue weighted by molar-refractivity contribution is -0.900. The molecule has 1 aliphatic heterocycles. The molecule has 6 nitrogen and oxygen atoms in total. The summed E-state index contributed by atoms with van der Waals surface area (Å²) >= 11 is 1.62. The van der Waals surface area contributed by atoms with Crippen molar-refractivity contribution < 1.29 is 14.5 Å². The van der Waals surface area contributed by atoms with Gasteiger partial charge in [0, 0.05) is 21.5 Å². The minimum atomic E-state index is -0.330. The van der Waals surface area contributed by atoms with Crippen molar-refractivity contribution in [2.45, 2.75) is 13.3 Å². The van der Waals surface area contributed by atoms with E-state index in [1.54, 1.807) is 17.4 Å². The van der Waals surface area contributed by atoms with Gasteiger partial charge in [-0.25, -0.2) is 0 Å². The minimum absolute atomic E-state index is 0.160. The van der Waals surface area contributed by atoms with Gasteiger partial charge in [0.1, 0.15) is 0 Å². The van der Waals surface area contributed by atoms with Crippen LogP contribution in [-0.4, -0.2) is 44.5 Å². The van der Waals surface area contributed by atoms with E-state index >= 15 is 0 Å². The zero-order valence-electron chi connectivity index (χ0n) is 16.1. The van der Waals surface area contributed by atoms with Crippen molar-refractivity contribution in [2.24, 2.45) is 0 Å². The van der Waals surface area contributed by atoms with Crippen LogP contribution >= 0.6 is 11.3 Å². The summed E-state index contributed by atoms with van der Waals surface area (Å²) in [5, 5.41) is 0. The van der Waals surface area contributed by atoms with Gasteiger partial charge in [-0.15, -0.1) is 11.3 Å². The summed E-state index contributed by atoms with van der Waals surface area (Å²) in [6, 6.07) is 14.4. The number of carbonyl (C=O) groups excluding carboxylic acids is 2. The fraction of sp³-hybridized carbons (Fsp3) is 0.333. The van der Waals surface area contributed by atoms with Crippen LogP contribution in [0.2, 0.25) is 0 Å². The number of quaternary nitrogens is 1. The molecule has 1 aromatic carbocycles. The molecule has 3 rings (SSSR count). The van der Waals surface area contributed by atoms with Crippen LogP contribution in [0, 0.1) is 6.92 Å². The highest BCUT2D eigenvalue weighted by Crippen LogP contribution is 2.16. The summed E-state index contributed by atoms with van der Waals surface area (Å²) < 4.78 is 0. The molecular weight excluding hydrogens is 372 g/mol. The Balaban J connectivity index is 1.31. The van der Waals surface area contributed by atoms with Gasteiger partial charge in [0.15, 0.2) is 0 Å². The molecule has 1 aliphatic rings. The summed E-state index contributed by atoms with van der Waals surface area (Å²) in [5.74, 6) is -0.491. The van der Waals surface area contributed by atoms with Crippen molar-refractivity contribution in [3.05, 3.63) is 58.3 Å². The molecular formula is C21H27N4O2S+. The van der Waals surface area contributed by atoms with Gasteiger partial charge in [0.2, 0.25) is 5.91 Å². The van der Waals surface area contributed by atoms with Crippen molar-refractivity contribution in [2.75, 3.05) is 37.6 Å². The topological polar surface area (TPSA) is 65.9 Å². The first-order valence-electron chi connectivity index (χ1n) is 9.57. The zero-order valence-corrected chi connectivity index (χ0v) is 16.9. The molecule has 1 saturated heterocycles. The predicted molar refractivity (Wildman–Crippen MR) is 113 cm³/mol. The maximum atomic E-state index is 12.0. The summed E-state index contributed by atoms with van der Waals surface area (Å²) in [6.45, 7) is 6.80. The highest BCUT2D eigenvalue weighted by Gasteiger charge is 2.20. The molecule has 7 heteroatoms. The van der Waals surface area contributed by atoms with Gasteiger partial charge in [0.05, 0.1) is 39.1 Å². The minimum Gasteiger partial charge on any atom is -0.360 e. The molecule has 2 aromatic rings. The Morgan fingerprint density at radius 1 is 1.11 bits per heavy atom. The van der Waals surface area contributed by atoms with Gasteiger partial charge >= 0.3 is 0 Å². The molecule has 1 fully saturated rings. The fourth-order valence-electron chi connectivity index (χ4n) is 3.20. The number of para-hydroxylation sites is 1. The number of nitrogens with one attached hydrogen (secondary N) is 3. The van der Waals surface area contributed by atoms with E-state index in [4.69, 9.17) is 0 Å². The normalized spacial score (nSPS) is 15.0. The Hall–Kier alpha value is -2.64.